The summed E-state index contributed by atoms with van der Waals surface area (Å²) in [7, 11) is 0. The molecular formula is C51H35GeN5. The molecule has 11 aromatic rings. The molecule has 268 valence electrons. The van der Waals surface area contributed by atoms with E-state index in [1.807, 2.05) is 0 Å². The summed E-state index contributed by atoms with van der Waals surface area (Å²) in [4.78, 5) is 16.0. The van der Waals surface area contributed by atoms with E-state index in [4.69, 9.17) is 15.0 Å². The number of hydrogen-bond acceptors (Lipinski definition) is 3. The number of rotatable bonds is 7. The zero-order valence-electron chi connectivity index (χ0n) is 30.9. The summed E-state index contributed by atoms with van der Waals surface area (Å²) in [6, 6.07) is 76.3. The van der Waals surface area contributed by atoms with Gasteiger partial charge in [0.25, 0.3) is 0 Å². The van der Waals surface area contributed by atoms with Crippen molar-refractivity contribution in [3.8, 4) is 23.3 Å². The van der Waals surface area contributed by atoms with Gasteiger partial charge in [-0.05, 0) is 0 Å². The summed E-state index contributed by atoms with van der Waals surface area (Å²) in [5.74, 6) is 1.76. The van der Waals surface area contributed by atoms with E-state index in [1.54, 1.807) is 0 Å². The summed E-state index contributed by atoms with van der Waals surface area (Å²) >= 11 is -3.47. The van der Waals surface area contributed by atoms with E-state index in [0.29, 0.717) is 17.7 Å². The Balaban J connectivity index is 1.17. The molecule has 8 aromatic carbocycles. The average Bonchev–Trinajstić information content (AvgIpc) is 3.81. The normalized spacial score (nSPS) is 11.9. The molecule has 0 spiro atoms. The van der Waals surface area contributed by atoms with Gasteiger partial charge < -0.3 is 0 Å². The fraction of sp³-hybridized carbons (Fsp3) is 0. The van der Waals surface area contributed by atoms with Crippen molar-refractivity contribution < 1.29 is 0 Å². The van der Waals surface area contributed by atoms with Crippen molar-refractivity contribution in [1.82, 2.24) is 24.1 Å². The zero-order chi connectivity index (χ0) is 37.8. The maximum atomic E-state index is 5.33. The maximum absolute atomic E-state index is 5.33. The number of fused-ring (bicyclic) bond motifs is 6. The van der Waals surface area contributed by atoms with Crippen LogP contribution in [0.4, 0.5) is 0 Å². The van der Waals surface area contributed by atoms with Gasteiger partial charge in [-0.15, -0.1) is 0 Å². The molecule has 0 amide bonds. The van der Waals surface area contributed by atoms with Gasteiger partial charge >= 0.3 is 334 Å². The molecule has 0 atom stereocenters. The van der Waals surface area contributed by atoms with Crippen LogP contribution in [0.5, 0.6) is 0 Å². The van der Waals surface area contributed by atoms with Crippen LogP contribution in [0.3, 0.4) is 0 Å². The molecule has 0 saturated carbocycles. The van der Waals surface area contributed by atoms with Crippen LogP contribution >= 0.6 is 0 Å². The van der Waals surface area contributed by atoms with E-state index < -0.39 is 13.3 Å². The third kappa shape index (κ3) is 5.27. The molecule has 3 aromatic heterocycles. The minimum atomic E-state index is -3.47. The molecular weight excluding hydrogens is 755 g/mol. The summed E-state index contributed by atoms with van der Waals surface area (Å²) in [5.41, 5.74) is 5.11. The molecule has 0 fully saturated rings. The second kappa shape index (κ2) is 13.6. The van der Waals surface area contributed by atoms with Crippen LogP contribution in [0.1, 0.15) is 0 Å². The third-order valence-electron chi connectivity index (χ3n) is 11.4. The first-order chi connectivity index (χ1) is 28.3. The molecule has 0 radical (unpaired) electrons. The van der Waals surface area contributed by atoms with Crippen molar-refractivity contribution in [2.24, 2.45) is 0 Å². The van der Waals surface area contributed by atoms with Gasteiger partial charge in [-0.3, -0.25) is 0 Å². The first-order valence-electron chi connectivity index (χ1n) is 19.3. The standard InChI is InChI=1S/C51H35GeN5/c1-4-18-37(19-5-1)52(38-20-6-2-7-21-38,39-22-8-3-9-23-39)40-34-32-36(33-35-40)49-53-50(56-45-28-14-10-24-41(45)42-25-11-15-29-46(42)56)55-51(54-49)57-47-30-16-12-26-43(47)44-27-13-17-31-48(44)57/h1-35H. The molecule has 11 rings (SSSR count). The van der Waals surface area contributed by atoms with Crippen LogP contribution in [-0.4, -0.2) is 37.4 Å². The molecule has 57 heavy (non-hydrogen) atoms. The fourth-order valence-electron chi connectivity index (χ4n) is 8.89. The predicted octanol–water partition coefficient (Wildman–Crippen LogP) is 9.11. The number of para-hydroxylation sites is 4. The number of nitrogens with zero attached hydrogens (tertiary/aromatic N) is 5. The van der Waals surface area contributed by atoms with Gasteiger partial charge in [0.1, 0.15) is 0 Å². The Morgan fingerprint density at radius 2 is 0.579 bits per heavy atom. The summed E-state index contributed by atoms with van der Waals surface area (Å²) in [6.07, 6.45) is 0. The van der Waals surface area contributed by atoms with Gasteiger partial charge in [0.15, 0.2) is 0 Å². The Kier molecular flexibility index (Phi) is 7.93. The molecule has 0 unspecified atom stereocenters. The fourth-order valence-corrected chi connectivity index (χ4v) is 18.8. The Labute approximate surface area is 332 Å². The SMILES string of the molecule is c1cc[c]([Ge]([c]2ccccc2)([c]2ccccc2)[c]2ccc(-c3nc(-n4c5ccccc5c5ccccc54)nc(-n4c5ccccc5c5ccccc54)n3)cc2)cc1. The van der Waals surface area contributed by atoms with E-state index >= 15 is 0 Å². The molecule has 6 heteroatoms. The van der Waals surface area contributed by atoms with Gasteiger partial charge in [-0.1, -0.05) is 0 Å². The van der Waals surface area contributed by atoms with Crippen molar-refractivity contribution in [1.29, 1.82) is 0 Å². The molecule has 0 aliphatic rings. The van der Waals surface area contributed by atoms with Crippen molar-refractivity contribution in [2.45, 2.75) is 0 Å². The second-order valence-corrected chi connectivity index (χ2v) is 22.4. The number of aromatic nitrogens is 5. The Bertz CT molecular complexity index is 2890. The molecule has 0 aliphatic carbocycles. The molecule has 0 saturated heterocycles. The Morgan fingerprint density at radius 3 is 0.930 bits per heavy atom. The summed E-state index contributed by atoms with van der Waals surface area (Å²) < 4.78 is 9.84. The summed E-state index contributed by atoms with van der Waals surface area (Å²) in [6.45, 7) is 0. The molecule has 0 aliphatic heterocycles. The van der Waals surface area contributed by atoms with Gasteiger partial charge in [-0.25, -0.2) is 0 Å². The van der Waals surface area contributed by atoms with E-state index in [2.05, 4.69) is 221 Å². The first kappa shape index (κ1) is 33.3. The molecule has 0 bridgehead atoms. The van der Waals surface area contributed by atoms with Gasteiger partial charge in [-0.2, -0.15) is 0 Å². The van der Waals surface area contributed by atoms with Crippen LogP contribution in [0.25, 0.3) is 66.9 Å². The van der Waals surface area contributed by atoms with Crippen LogP contribution in [0.2, 0.25) is 0 Å². The second-order valence-electron chi connectivity index (χ2n) is 14.4. The Morgan fingerprint density at radius 1 is 0.281 bits per heavy atom. The number of benzene rings is 8. The number of hydrogen-bond donors (Lipinski definition) is 0. The first-order valence-corrected chi connectivity index (χ1v) is 23.5. The predicted molar refractivity (Wildman–Crippen MR) is 238 cm³/mol. The van der Waals surface area contributed by atoms with E-state index in [1.165, 1.54) is 17.6 Å². The third-order valence-corrected chi connectivity index (χ3v) is 21.4. The van der Waals surface area contributed by atoms with Crippen molar-refractivity contribution in [2.75, 3.05) is 0 Å². The van der Waals surface area contributed by atoms with Crippen molar-refractivity contribution in [3.63, 3.8) is 0 Å². The van der Waals surface area contributed by atoms with Gasteiger partial charge in [0.2, 0.25) is 0 Å². The van der Waals surface area contributed by atoms with E-state index in [0.717, 1.165) is 49.2 Å². The van der Waals surface area contributed by atoms with E-state index in [-0.39, 0.29) is 0 Å². The van der Waals surface area contributed by atoms with Crippen molar-refractivity contribution in [3.05, 3.63) is 212 Å². The van der Waals surface area contributed by atoms with Gasteiger partial charge in [0.05, 0.1) is 0 Å². The average molecular weight is 790 g/mol. The van der Waals surface area contributed by atoms with Gasteiger partial charge in [0, 0.05) is 0 Å². The molecule has 5 nitrogen and oxygen atoms in total. The van der Waals surface area contributed by atoms with Crippen LogP contribution in [-0.2, 0) is 0 Å². The van der Waals surface area contributed by atoms with Crippen molar-refractivity contribution >= 4 is 74.5 Å². The quantitative estimate of drug-likeness (QED) is 0.152. The van der Waals surface area contributed by atoms with E-state index in [9.17, 15) is 0 Å². The topological polar surface area (TPSA) is 48.5 Å². The minimum absolute atomic E-state index is 0.572. The monoisotopic (exact) mass is 791 g/mol. The van der Waals surface area contributed by atoms with Crippen LogP contribution in [0, 0.1) is 0 Å². The van der Waals surface area contributed by atoms with Crippen LogP contribution in [0.15, 0.2) is 212 Å². The molecule has 0 N–H and O–H groups in total. The Hall–Kier alpha value is -7.09. The summed E-state index contributed by atoms with van der Waals surface area (Å²) in [5, 5.41) is 4.62. The zero-order valence-corrected chi connectivity index (χ0v) is 33.0. The van der Waals surface area contributed by atoms with Crippen LogP contribution < -0.4 is 17.6 Å². The molecule has 3 heterocycles.